The van der Waals surface area contributed by atoms with Gasteiger partial charge in [0.1, 0.15) is 12.2 Å². The second kappa shape index (κ2) is 7.69. The van der Waals surface area contributed by atoms with Gasteiger partial charge in [-0.1, -0.05) is 12.2 Å². The minimum Gasteiger partial charge on any atom is -0.426 e. The van der Waals surface area contributed by atoms with Crippen molar-refractivity contribution < 1.29 is 51.3 Å². The van der Waals surface area contributed by atoms with Crippen molar-refractivity contribution in [2.75, 3.05) is 0 Å². The molecule has 0 spiro atoms. The van der Waals surface area contributed by atoms with Gasteiger partial charge in [-0.15, -0.1) is 0 Å². The summed E-state index contributed by atoms with van der Waals surface area (Å²) in [5.74, 6) is 0. The molecular weight excluding hydrogens is 346 g/mol. The van der Waals surface area contributed by atoms with Crippen LogP contribution in [0.5, 0.6) is 0 Å². The molecule has 0 aromatic rings. The van der Waals surface area contributed by atoms with E-state index in [1.165, 1.54) is 0 Å². The SMILES string of the molecule is O=C1OC(=O)OC2CC=CCC2O1.O=[N+]([O-])[O-].[Ag+]. The first-order valence-electron chi connectivity index (χ1n) is 4.54. The first-order valence-corrected chi connectivity index (χ1v) is 4.54. The summed E-state index contributed by atoms with van der Waals surface area (Å²) < 4.78 is 13.8. The number of carbonyl (C=O) groups is 2. The minimum absolute atomic E-state index is 0. The number of hydrogen-bond acceptors (Lipinski definition) is 8. The Bertz CT molecular complexity index is 327. The minimum atomic E-state index is -1.75. The molecule has 10 heteroatoms. The summed E-state index contributed by atoms with van der Waals surface area (Å²) in [5.41, 5.74) is 0. The third-order valence-corrected chi connectivity index (χ3v) is 1.98. The molecule has 0 saturated carbocycles. The molecule has 0 aromatic heterocycles. The van der Waals surface area contributed by atoms with Gasteiger partial charge in [-0.2, -0.15) is 0 Å². The Morgan fingerprint density at radius 3 is 1.72 bits per heavy atom. The van der Waals surface area contributed by atoms with Crippen molar-refractivity contribution >= 4 is 12.3 Å². The van der Waals surface area contributed by atoms with E-state index in [-0.39, 0.29) is 22.4 Å². The summed E-state index contributed by atoms with van der Waals surface area (Å²) in [7, 11) is 0. The fourth-order valence-corrected chi connectivity index (χ4v) is 1.38. The molecule has 0 radical (unpaired) electrons. The van der Waals surface area contributed by atoms with E-state index in [0.717, 1.165) is 0 Å². The van der Waals surface area contributed by atoms with Crippen LogP contribution in [0.25, 0.3) is 0 Å². The van der Waals surface area contributed by atoms with Crippen LogP contribution in [0.2, 0.25) is 0 Å². The Kier molecular flexibility index (Phi) is 7.01. The molecule has 1 heterocycles. The van der Waals surface area contributed by atoms with E-state index >= 15 is 0 Å². The molecule has 0 N–H and O–H groups in total. The van der Waals surface area contributed by atoms with Crippen molar-refractivity contribution in [1.29, 1.82) is 0 Å². The predicted octanol–water partition coefficient (Wildman–Crippen LogP) is 1.14. The van der Waals surface area contributed by atoms with E-state index in [0.29, 0.717) is 12.8 Å². The average molecular weight is 354 g/mol. The molecule has 1 aliphatic carbocycles. The Balaban J connectivity index is 0.000000512. The van der Waals surface area contributed by atoms with Gasteiger partial charge in [0.15, 0.2) is 0 Å². The number of nitrogens with zero attached hydrogens (tertiary/aromatic N) is 1. The van der Waals surface area contributed by atoms with E-state index in [4.69, 9.17) is 24.8 Å². The molecule has 18 heavy (non-hydrogen) atoms. The van der Waals surface area contributed by atoms with Gasteiger partial charge in [0, 0.05) is 12.8 Å². The normalized spacial score (nSPS) is 24.7. The fourth-order valence-electron chi connectivity index (χ4n) is 1.38. The summed E-state index contributed by atoms with van der Waals surface area (Å²) in [6.45, 7) is 0. The van der Waals surface area contributed by atoms with Crippen LogP contribution in [0.3, 0.4) is 0 Å². The van der Waals surface area contributed by atoms with Gasteiger partial charge in [-0.25, -0.2) is 9.59 Å². The van der Waals surface area contributed by atoms with E-state index in [1.807, 2.05) is 12.2 Å². The maximum Gasteiger partial charge on any atom is 1.00 e. The van der Waals surface area contributed by atoms with E-state index in [1.54, 1.807) is 0 Å². The first kappa shape index (κ1) is 16.4. The summed E-state index contributed by atoms with van der Waals surface area (Å²) in [5, 5.41) is 14.8. The number of ether oxygens (including phenoxy) is 3. The van der Waals surface area contributed by atoms with Crippen LogP contribution >= 0.6 is 0 Å². The largest absolute Gasteiger partial charge is 1.00 e. The van der Waals surface area contributed by atoms with Gasteiger partial charge in [0.2, 0.25) is 0 Å². The number of hydrogen-bond donors (Lipinski definition) is 0. The maximum atomic E-state index is 10.8. The van der Waals surface area contributed by atoms with Crippen LogP contribution in [-0.2, 0) is 36.6 Å². The van der Waals surface area contributed by atoms with Gasteiger partial charge < -0.3 is 29.5 Å². The first-order chi connectivity index (χ1) is 7.99. The van der Waals surface area contributed by atoms with E-state index in [9.17, 15) is 9.59 Å². The van der Waals surface area contributed by atoms with Crippen LogP contribution in [0.15, 0.2) is 12.2 Å². The summed E-state index contributed by atoms with van der Waals surface area (Å²) in [6.07, 6.45) is 2.13. The molecule has 1 saturated heterocycles. The van der Waals surface area contributed by atoms with Gasteiger partial charge >= 0.3 is 34.7 Å². The van der Waals surface area contributed by atoms with Crippen molar-refractivity contribution in [3.05, 3.63) is 27.5 Å². The molecule has 0 amide bonds. The Morgan fingerprint density at radius 1 is 1.06 bits per heavy atom. The van der Waals surface area contributed by atoms with Crippen LogP contribution in [0, 0.1) is 15.3 Å². The molecule has 2 rings (SSSR count). The summed E-state index contributed by atoms with van der Waals surface area (Å²) in [6, 6.07) is 0. The van der Waals surface area contributed by atoms with Crippen molar-refractivity contribution in [1.82, 2.24) is 0 Å². The second-order valence-electron chi connectivity index (χ2n) is 3.08. The third kappa shape index (κ3) is 5.66. The van der Waals surface area contributed by atoms with E-state index < -0.39 is 29.6 Å². The number of rotatable bonds is 0. The van der Waals surface area contributed by atoms with E-state index in [2.05, 4.69) is 4.74 Å². The van der Waals surface area contributed by atoms with Crippen molar-refractivity contribution in [2.24, 2.45) is 0 Å². The average Bonchev–Trinajstić information content (AvgIpc) is 2.33. The summed E-state index contributed by atoms with van der Waals surface area (Å²) in [4.78, 5) is 29.8. The monoisotopic (exact) mass is 353 g/mol. The van der Waals surface area contributed by atoms with Gasteiger partial charge in [-0.05, 0) is 0 Å². The number of fused-ring (bicyclic) bond motifs is 1. The smallest absolute Gasteiger partial charge is 0.426 e. The van der Waals surface area contributed by atoms with Gasteiger partial charge in [0.05, 0.1) is 5.09 Å². The Hall–Kier alpha value is -1.58. The molecule has 1 fully saturated rings. The van der Waals surface area contributed by atoms with Crippen LogP contribution in [0.4, 0.5) is 9.59 Å². The number of cyclic esters (lactones) is 2. The maximum absolute atomic E-state index is 10.8. The Morgan fingerprint density at radius 2 is 1.39 bits per heavy atom. The Labute approximate surface area is 116 Å². The molecule has 2 atom stereocenters. The van der Waals surface area contributed by atoms with Crippen molar-refractivity contribution in [3.8, 4) is 0 Å². The van der Waals surface area contributed by atoms with Crippen LogP contribution < -0.4 is 0 Å². The third-order valence-electron chi connectivity index (χ3n) is 1.98. The van der Waals surface area contributed by atoms with Gasteiger partial charge in [0.25, 0.3) is 0 Å². The van der Waals surface area contributed by atoms with Gasteiger partial charge in [-0.3, -0.25) is 0 Å². The quantitative estimate of drug-likeness (QED) is 0.158. The molecule has 2 aliphatic rings. The zero-order valence-corrected chi connectivity index (χ0v) is 10.2. The van der Waals surface area contributed by atoms with Crippen LogP contribution in [-0.4, -0.2) is 29.6 Å². The van der Waals surface area contributed by atoms with Crippen LogP contribution in [0.1, 0.15) is 12.8 Å². The molecule has 2 unspecified atom stereocenters. The molecule has 0 bridgehead atoms. The second-order valence-corrected chi connectivity index (χ2v) is 3.08. The van der Waals surface area contributed by atoms with Crippen molar-refractivity contribution in [2.45, 2.75) is 25.0 Å². The van der Waals surface area contributed by atoms with Crippen molar-refractivity contribution in [3.63, 3.8) is 0 Å². The predicted molar refractivity (Wildman–Crippen MR) is 50.4 cm³/mol. The molecule has 9 nitrogen and oxygen atoms in total. The topological polar surface area (TPSA) is 128 Å². The zero-order chi connectivity index (χ0) is 12.8. The standard InChI is InChI=1S/C8H8O5.Ag.NO3/c9-7-11-5-3-1-2-4-6(5)12-8(10)13-7;;2-1(3)4/h1-2,5-6H,3-4H2;;/q;+1;-1. The zero-order valence-electron chi connectivity index (χ0n) is 8.74. The fraction of sp³-hybridized carbons (Fsp3) is 0.500. The summed E-state index contributed by atoms with van der Waals surface area (Å²) >= 11 is 0. The molecule has 0 aromatic carbocycles. The molecule has 104 valence electrons. The molecular formula is C8H8AgNO8. The number of carbonyl (C=O) groups excluding carboxylic acids is 2. The molecule has 1 aliphatic heterocycles.